The van der Waals surface area contributed by atoms with Gasteiger partial charge in [0.05, 0.1) is 0 Å². The largest absolute Gasteiger partial charge is 0.481 e. The van der Waals surface area contributed by atoms with Crippen LogP contribution in [0.1, 0.15) is 32.1 Å². The Morgan fingerprint density at radius 2 is 1.43 bits per heavy atom. The molecule has 1 unspecified atom stereocenters. The lowest BCUT2D eigenvalue weighted by Crippen LogP contribution is -2.29. The topological polar surface area (TPSA) is 0 Å². The van der Waals surface area contributed by atoms with Crippen LogP contribution in [-0.2, 0) is 0 Å². The molecule has 2 saturated carbocycles. The summed E-state index contributed by atoms with van der Waals surface area (Å²) in [6.45, 7) is -4.81. The SMILES string of the molecule is F[B-](F)(F)C1CC12CCC(F)(F)CC2. The van der Waals surface area contributed by atoms with E-state index in [1.807, 2.05) is 0 Å². The van der Waals surface area contributed by atoms with Gasteiger partial charge in [-0.2, -0.15) is 0 Å². The average Bonchev–Trinajstić information content (AvgIpc) is 2.72. The van der Waals surface area contributed by atoms with E-state index in [1.165, 1.54) is 0 Å². The molecular formula is C8H11BF5-. The van der Waals surface area contributed by atoms with Crippen molar-refractivity contribution in [2.24, 2.45) is 5.41 Å². The Morgan fingerprint density at radius 3 is 1.79 bits per heavy atom. The molecule has 2 rings (SSSR count). The maximum Gasteiger partial charge on any atom is 0.481 e. The number of alkyl halides is 2. The summed E-state index contributed by atoms with van der Waals surface area (Å²) in [5.41, 5.74) is -0.792. The first kappa shape index (κ1) is 10.2. The Balaban J connectivity index is 1.98. The molecule has 0 aromatic rings. The average molecular weight is 213 g/mol. The van der Waals surface area contributed by atoms with Gasteiger partial charge in [-0.3, -0.25) is 0 Å². The summed E-state index contributed by atoms with van der Waals surface area (Å²) in [6, 6.07) is 0. The quantitative estimate of drug-likeness (QED) is 0.459. The van der Waals surface area contributed by atoms with Crippen molar-refractivity contribution >= 4 is 6.98 Å². The molecule has 6 heteroatoms. The Hall–Kier alpha value is -0.285. The second-order valence-corrected chi connectivity index (χ2v) is 4.65. The summed E-state index contributed by atoms with van der Waals surface area (Å²) in [5, 5.41) is 0. The van der Waals surface area contributed by atoms with E-state index in [0.29, 0.717) is 0 Å². The van der Waals surface area contributed by atoms with Crippen LogP contribution in [0.15, 0.2) is 0 Å². The van der Waals surface area contributed by atoms with Crippen LogP contribution in [0.5, 0.6) is 0 Å². The van der Waals surface area contributed by atoms with E-state index in [4.69, 9.17) is 0 Å². The van der Waals surface area contributed by atoms with Gasteiger partial charge in [-0.1, -0.05) is 17.7 Å². The molecule has 2 aliphatic carbocycles. The van der Waals surface area contributed by atoms with Gasteiger partial charge in [0.15, 0.2) is 0 Å². The molecule has 0 nitrogen and oxygen atoms in total. The van der Waals surface area contributed by atoms with Gasteiger partial charge in [0.25, 0.3) is 0 Å². The monoisotopic (exact) mass is 213 g/mol. The lowest BCUT2D eigenvalue weighted by Gasteiger charge is -2.31. The molecule has 0 N–H and O–H groups in total. The molecule has 1 atom stereocenters. The van der Waals surface area contributed by atoms with Crippen molar-refractivity contribution in [3.63, 3.8) is 0 Å². The molecule has 1 spiro atoms. The zero-order chi connectivity index (χ0) is 10.6. The minimum absolute atomic E-state index is 0.0475. The van der Waals surface area contributed by atoms with Crippen LogP contribution in [-0.4, -0.2) is 12.9 Å². The van der Waals surface area contributed by atoms with E-state index in [1.54, 1.807) is 0 Å². The molecule has 0 radical (unpaired) electrons. The fraction of sp³-hybridized carbons (Fsp3) is 1.00. The van der Waals surface area contributed by atoms with Crippen molar-refractivity contribution in [2.75, 3.05) is 0 Å². The molecule has 0 amide bonds. The lowest BCUT2D eigenvalue weighted by atomic mass is 9.72. The zero-order valence-corrected chi connectivity index (χ0v) is 7.58. The van der Waals surface area contributed by atoms with Crippen molar-refractivity contribution < 1.29 is 21.7 Å². The second kappa shape index (κ2) is 2.64. The Morgan fingerprint density at radius 1 is 0.929 bits per heavy atom. The normalized spacial score (nSPS) is 34.5. The van der Waals surface area contributed by atoms with Crippen LogP contribution in [0, 0.1) is 5.41 Å². The Labute approximate surface area is 78.9 Å². The fourth-order valence-corrected chi connectivity index (χ4v) is 2.60. The highest BCUT2D eigenvalue weighted by Gasteiger charge is 2.63. The van der Waals surface area contributed by atoms with Crippen molar-refractivity contribution in [2.45, 2.75) is 43.8 Å². The highest BCUT2D eigenvalue weighted by molar-refractivity contribution is 6.61. The summed E-state index contributed by atoms with van der Waals surface area (Å²) < 4.78 is 62.5. The van der Waals surface area contributed by atoms with Gasteiger partial charge in [0.2, 0.25) is 5.92 Å². The predicted molar refractivity (Wildman–Crippen MR) is 43.3 cm³/mol. The molecule has 0 bridgehead atoms. The molecule has 14 heavy (non-hydrogen) atoms. The van der Waals surface area contributed by atoms with Crippen molar-refractivity contribution in [1.29, 1.82) is 0 Å². The third kappa shape index (κ3) is 1.63. The fourth-order valence-electron chi connectivity index (χ4n) is 2.60. The zero-order valence-electron chi connectivity index (χ0n) is 7.58. The lowest BCUT2D eigenvalue weighted by molar-refractivity contribution is -0.0500. The van der Waals surface area contributed by atoms with Crippen LogP contribution in [0.2, 0.25) is 5.82 Å². The van der Waals surface area contributed by atoms with Gasteiger partial charge < -0.3 is 12.9 Å². The van der Waals surface area contributed by atoms with Gasteiger partial charge in [0, 0.05) is 12.8 Å². The summed E-state index contributed by atoms with van der Waals surface area (Å²) in [5.74, 6) is -3.98. The molecule has 0 aromatic heterocycles. The minimum Gasteiger partial charge on any atom is -0.449 e. The van der Waals surface area contributed by atoms with E-state index in [-0.39, 0.29) is 32.1 Å². The van der Waals surface area contributed by atoms with Crippen LogP contribution in [0.25, 0.3) is 0 Å². The first-order chi connectivity index (χ1) is 6.25. The second-order valence-electron chi connectivity index (χ2n) is 4.65. The van der Waals surface area contributed by atoms with E-state index in [9.17, 15) is 21.7 Å². The van der Waals surface area contributed by atoms with E-state index < -0.39 is 24.1 Å². The van der Waals surface area contributed by atoms with E-state index in [2.05, 4.69) is 0 Å². The van der Waals surface area contributed by atoms with E-state index in [0.717, 1.165) is 0 Å². The highest BCUT2D eigenvalue weighted by Crippen LogP contribution is 2.71. The summed E-state index contributed by atoms with van der Waals surface area (Å²) in [6.07, 6.45) is -0.546. The van der Waals surface area contributed by atoms with Crippen LogP contribution < -0.4 is 0 Å². The third-order valence-corrected chi connectivity index (χ3v) is 3.69. The maximum absolute atomic E-state index is 12.7. The molecular weight excluding hydrogens is 202 g/mol. The molecule has 82 valence electrons. The molecule has 0 aromatic carbocycles. The van der Waals surface area contributed by atoms with Gasteiger partial charge in [-0.15, -0.1) is 0 Å². The molecule has 2 aliphatic rings. The maximum atomic E-state index is 12.7. The van der Waals surface area contributed by atoms with Gasteiger partial charge in [0.1, 0.15) is 0 Å². The van der Waals surface area contributed by atoms with Crippen molar-refractivity contribution in [3.05, 3.63) is 0 Å². The molecule has 0 aliphatic heterocycles. The Kier molecular flexibility index (Phi) is 1.93. The third-order valence-electron chi connectivity index (χ3n) is 3.69. The first-order valence-corrected chi connectivity index (χ1v) is 4.83. The molecule has 2 fully saturated rings. The smallest absolute Gasteiger partial charge is 0.449 e. The van der Waals surface area contributed by atoms with Crippen molar-refractivity contribution in [3.8, 4) is 0 Å². The number of halogens is 5. The van der Waals surface area contributed by atoms with Gasteiger partial charge in [-0.25, -0.2) is 8.78 Å². The summed E-state index contributed by atoms with van der Waals surface area (Å²) in [4.78, 5) is 0. The summed E-state index contributed by atoms with van der Waals surface area (Å²) in [7, 11) is 0. The van der Waals surface area contributed by atoms with Crippen LogP contribution in [0.4, 0.5) is 21.7 Å². The number of hydrogen-bond acceptors (Lipinski definition) is 0. The van der Waals surface area contributed by atoms with Crippen LogP contribution in [0.3, 0.4) is 0 Å². The van der Waals surface area contributed by atoms with Crippen molar-refractivity contribution in [1.82, 2.24) is 0 Å². The first-order valence-electron chi connectivity index (χ1n) is 4.83. The van der Waals surface area contributed by atoms with Crippen LogP contribution >= 0.6 is 0 Å². The van der Waals surface area contributed by atoms with E-state index >= 15 is 0 Å². The predicted octanol–water partition coefficient (Wildman–Crippen LogP) is 3.80. The standard InChI is InChI=1S/C8H11BF5/c10-8(11)3-1-7(2-4-8)5-6(7)9(12,13)14/h6H,1-5H2/q-1. The molecule has 0 saturated heterocycles. The minimum atomic E-state index is -4.81. The number of rotatable bonds is 1. The van der Waals surface area contributed by atoms with Gasteiger partial charge in [-0.05, 0) is 12.8 Å². The molecule has 0 heterocycles. The summed E-state index contributed by atoms with van der Waals surface area (Å²) >= 11 is 0. The Bertz CT molecular complexity index is 237. The number of hydrogen-bond donors (Lipinski definition) is 0. The van der Waals surface area contributed by atoms with Gasteiger partial charge >= 0.3 is 6.98 Å². The highest BCUT2D eigenvalue weighted by atomic mass is 19.4.